The third-order valence-electron chi connectivity index (χ3n) is 5.81. The van der Waals surface area contributed by atoms with Crippen molar-refractivity contribution in [3.63, 3.8) is 0 Å². The van der Waals surface area contributed by atoms with Gasteiger partial charge in [0, 0.05) is 35.4 Å². The second-order valence-electron chi connectivity index (χ2n) is 8.31. The van der Waals surface area contributed by atoms with Crippen molar-refractivity contribution in [1.29, 1.82) is 0 Å². The number of carbonyl (C=O) groups is 1. The molecule has 2 N–H and O–H groups in total. The third kappa shape index (κ3) is 5.91. The van der Waals surface area contributed by atoms with Crippen molar-refractivity contribution in [2.45, 2.75) is 43.0 Å². The van der Waals surface area contributed by atoms with Gasteiger partial charge in [-0.05, 0) is 78.3 Å². The van der Waals surface area contributed by atoms with Crippen molar-refractivity contribution in [1.82, 2.24) is 9.71 Å². The van der Waals surface area contributed by atoms with Gasteiger partial charge in [0.2, 0.25) is 10.0 Å². The van der Waals surface area contributed by atoms with E-state index in [1.807, 2.05) is 24.3 Å². The van der Waals surface area contributed by atoms with E-state index in [9.17, 15) is 13.2 Å². The Bertz CT molecular complexity index is 1310. The first kappa shape index (κ1) is 24.1. The van der Waals surface area contributed by atoms with Crippen LogP contribution in [-0.2, 0) is 27.7 Å². The van der Waals surface area contributed by atoms with E-state index in [2.05, 4.69) is 21.8 Å². The number of hydrogen-bond acceptors (Lipinski definition) is 4. The molecule has 4 rings (SSSR count). The number of pyridine rings is 1. The second-order valence-corrected chi connectivity index (χ2v) is 10.5. The van der Waals surface area contributed by atoms with Gasteiger partial charge in [-0.1, -0.05) is 41.9 Å². The van der Waals surface area contributed by atoms with Crippen molar-refractivity contribution in [3.8, 4) is 0 Å². The Balaban J connectivity index is 1.53. The number of nitrogens with one attached hydrogen (secondary N) is 1. The van der Waals surface area contributed by atoms with Crippen LogP contribution < -0.4 is 4.72 Å². The van der Waals surface area contributed by atoms with Crippen molar-refractivity contribution in [3.05, 3.63) is 100 Å². The number of carboxylic acids is 1. The molecule has 1 aliphatic rings. The van der Waals surface area contributed by atoms with Gasteiger partial charge in [-0.2, -0.15) is 0 Å². The molecule has 1 atom stereocenters. The first-order chi connectivity index (χ1) is 16.3. The van der Waals surface area contributed by atoms with E-state index < -0.39 is 16.0 Å². The maximum absolute atomic E-state index is 12.8. The Morgan fingerprint density at radius 2 is 1.85 bits per heavy atom. The fourth-order valence-electron chi connectivity index (χ4n) is 4.19. The molecule has 0 aliphatic heterocycles. The Labute approximate surface area is 204 Å². The standard InChI is InChI=1S/C26H25ClN2O4S/c27-22-9-11-24(12-10-22)34(32,33)29-23-15-18-7-8-19(14-21(18)16-23)25(5-1-2-6-26(30)31)20-4-3-13-28-17-20/h3-5,7-14,17,23,29H,1-2,6,15-16H2,(H,30,31). The molecular formula is C26H25ClN2O4S. The molecule has 1 unspecified atom stereocenters. The van der Waals surface area contributed by atoms with Crippen LogP contribution in [0.4, 0.5) is 0 Å². The number of nitrogens with zero attached hydrogens (tertiary/aromatic N) is 1. The van der Waals surface area contributed by atoms with E-state index in [1.54, 1.807) is 24.5 Å². The number of benzene rings is 2. The van der Waals surface area contributed by atoms with Gasteiger partial charge in [0.25, 0.3) is 0 Å². The van der Waals surface area contributed by atoms with E-state index >= 15 is 0 Å². The van der Waals surface area contributed by atoms with Gasteiger partial charge in [-0.25, -0.2) is 13.1 Å². The van der Waals surface area contributed by atoms with Crippen LogP contribution in [-0.4, -0.2) is 30.5 Å². The summed E-state index contributed by atoms with van der Waals surface area (Å²) in [6, 6.07) is 15.9. The van der Waals surface area contributed by atoms with Crippen molar-refractivity contribution >= 4 is 33.2 Å². The number of sulfonamides is 1. The van der Waals surface area contributed by atoms with Gasteiger partial charge in [0.15, 0.2) is 0 Å². The number of rotatable bonds is 9. The first-order valence-electron chi connectivity index (χ1n) is 11.0. The first-order valence-corrected chi connectivity index (χ1v) is 12.9. The summed E-state index contributed by atoms with van der Waals surface area (Å²) in [5, 5.41) is 9.41. The summed E-state index contributed by atoms with van der Waals surface area (Å²) in [5.41, 5.74) is 5.16. The fraction of sp³-hybridized carbons (Fsp3) is 0.231. The highest BCUT2D eigenvalue weighted by atomic mass is 35.5. The Morgan fingerprint density at radius 1 is 1.09 bits per heavy atom. The normalized spacial score (nSPS) is 15.8. The molecule has 0 saturated carbocycles. The summed E-state index contributed by atoms with van der Waals surface area (Å²) < 4.78 is 28.4. The predicted molar refractivity (Wildman–Crippen MR) is 132 cm³/mol. The summed E-state index contributed by atoms with van der Waals surface area (Å²) >= 11 is 5.88. The molecule has 0 bridgehead atoms. The van der Waals surface area contributed by atoms with Gasteiger partial charge in [0.1, 0.15) is 0 Å². The van der Waals surface area contributed by atoms with Gasteiger partial charge < -0.3 is 5.11 Å². The third-order valence-corrected chi connectivity index (χ3v) is 7.60. The molecule has 0 spiro atoms. The lowest BCUT2D eigenvalue weighted by molar-refractivity contribution is -0.137. The van der Waals surface area contributed by atoms with Crippen LogP contribution in [0.15, 0.2) is 78.0 Å². The van der Waals surface area contributed by atoms with Gasteiger partial charge in [0.05, 0.1) is 4.90 Å². The zero-order valence-corrected chi connectivity index (χ0v) is 20.0. The van der Waals surface area contributed by atoms with Crippen LogP contribution in [0.1, 0.15) is 41.5 Å². The molecule has 0 radical (unpaired) electrons. The minimum absolute atomic E-state index is 0.121. The molecule has 0 saturated heterocycles. The second kappa shape index (κ2) is 10.5. The minimum atomic E-state index is -3.65. The van der Waals surface area contributed by atoms with Crippen LogP contribution in [0, 0.1) is 0 Å². The lowest BCUT2D eigenvalue weighted by atomic mass is 9.95. The van der Waals surface area contributed by atoms with E-state index in [1.165, 1.54) is 12.1 Å². The molecule has 8 heteroatoms. The molecular weight excluding hydrogens is 472 g/mol. The number of aromatic nitrogens is 1. The maximum atomic E-state index is 12.8. The number of hydrogen-bond donors (Lipinski definition) is 2. The maximum Gasteiger partial charge on any atom is 0.303 e. The summed E-state index contributed by atoms with van der Waals surface area (Å²) in [6.07, 6.45) is 8.08. The van der Waals surface area contributed by atoms with Crippen LogP contribution >= 0.6 is 11.6 Å². The summed E-state index contributed by atoms with van der Waals surface area (Å²) in [7, 11) is -3.65. The Morgan fingerprint density at radius 3 is 2.56 bits per heavy atom. The van der Waals surface area contributed by atoms with Crippen molar-refractivity contribution in [2.24, 2.45) is 0 Å². The molecule has 0 amide bonds. The summed E-state index contributed by atoms with van der Waals surface area (Å²) in [4.78, 5) is 15.3. The summed E-state index contributed by atoms with van der Waals surface area (Å²) in [5.74, 6) is -0.805. The lowest BCUT2D eigenvalue weighted by Gasteiger charge is -2.12. The van der Waals surface area contributed by atoms with Gasteiger partial charge >= 0.3 is 5.97 Å². The molecule has 1 heterocycles. The SMILES string of the molecule is O=C(O)CCCC=C(c1cccnc1)c1ccc2c(c1)CC(NS(=O)(=O)c1ccc(Cl)cc1)C2. The number of allylic oxidation sites excluding steroid dienone is 1. The molecule has 176 valence electrons. The zero-order chi connectivity index (χ0) is 24.1. The zero-order valence-electron chi connectivity index (χ0n) is 18.4. The van der Waals surface area contributed by atoms with Crippen LogP contribution in [0.25, 0.3) is 5.57 Å². The van der Waals surface area contributed by atoms with Crippen molar-refractivity contribution < 1.29 is 18.3 Å². The number of halogens is 1. The van der Waals surface area contributed by atoms with Crippen molar-refractivity contribution in [2.75, 3.05) is 0 Å². The quantitative estimate of drug-likeness (QED) is 0.412. The average molecular weight is 497 g/mol. The number of fused-ring (bicyclic) bond motifs is 1. The van der Waals surface area contributed by atoms with Crippen LogP contribution in [0.3, 0.4) is 0 Å². The molecule has 1 aromatic heterocycles. The molecule has 34 heavy (non-hydrogen) atoms. The Hall–Kier alpha value is -3.00. The topological polar surface area (TPSA) is 96.4 Å². The smallest absolute Gasteiger partial charge is 0.303 e. The Kier molecular flexibility index (Phi) is 7.46. The van der Waals surface area contributed by atoms with Crippen LogP contribution in [0.5, 0.6) is 0 Å². The largest absolute Gasteiger partial charge is 0.481 e. The van der Waals surface area contributed by atoms with Gasteiger partial charge in [-0.15, -0.1) is 0 Å². The number of aliphatic carboxylic acids is 1. The van der Waals surface area contributed by atoms with E-state index in [0.29, 0.717) is 30.7 Å². The van der Waals surface area contributed by atoms with E-state index in [4.69, 9.17) is 16.7 Å². The highest BCUT2D eigenvalue weighted by Gasteiger charge is 2.27. The van der Waals surface area contributed by atoms with Crippen LogP contribution in [0.2, 0.25) is 5.02 Å². The lowest BCUT2D eigenvalue weighted by Crippen LogP contribution is -2.35. The summed E-state index contributed by atoms with van der Waals surface area (Å²) in [6.45, 7) is 0. The predicted octanol–water partition coefficient (Wildman–Crippen LogP) is 4.87. The molecule has 0 fully saturated rings. The number of carboxylic acid groups (broad SMARTS) is 1. The molecule has 2 aromatic carbocycles. The fourth-order valence-corrected chi connectivity index (χ4v) is 5.56. The monoisotopic (exact) mass is 496 g/mol. The minimum Gasteiger partial charge on any atom is -0.481 e. The molecule has 6 nitrogen and oxygen atoms in total. The molecule has 3 aromatic rings. The van der Waals surface area contributed by atoms with E-state index in [0.717, 1.165) is 27.8 Å². The molecule has 1 aliphatic carbocycles. The number of unbranched alkanes of at least 4 members (excludes halogenated alkanes) is 1. The van der Waals surface area contributed by atoms with Gasteiger partial charge in [-0.3, -0.25) is 9.78 Å². The highest BCUT2D eigenvalue weighted by molar-refractivity contribution is 7.89. The highest BCUT2D eigenvalue weighted by Crippen LogP contribution is 2.30. The van der Waals surface area contributed by atoms with E-state index in [-0.39, 0.29) is 17.4 Å². The average Bonchev–Trinajstić information content (AvgIpc) is 3.20.